The van der Waals surface area contributed by atoms with E-state index in [2.05, 4.69) is 45.0 Å². The molecule has 2 heteroatoms. The first-order valence-electron chi connectivity index (χ1n) is 6.55. The average Bonchev–Trinajstić information content (AvgIpc) is 2.28. The van der Waals surface area contributed by atoms with Crippen molar-refractivity contribution in [3.8, 4) is 0 Å². The fourth-order valence-corrected chi connectivity index (χ4v) is 2.77. The zero-order chi connectivity index (χ0) is 12.7. The molecule has 0 aliphatic heterocycles. The lowest BCUT2D eigenvalue weighted by Gasteiger charge is -2.13. The number of rotatable bonds is 7. The highest BCUT2D eigenvalue weighted by Crippen LogP contribution is 2.19. The van der Waals surface area contributed by atoms with Crippen LogP contribution in [0.1, 0.15) is 44.4 Å². The van der Waals surface area contributed by atoms with Gasteiger partial charge in [-0.25, -0.2) is 0 Å². The Bertz CT molecular complexity index is 322. The highest BCUT2D eigenvalue weighted by Gasteiger charge is 2.07. The molecule has 0 bridgehead atoms. The van der Waals surface area contributed by atoms with Crippen molar-refractivity contribution in [1.29, 1.82) is 0 Å². The van der Waals surface area contributed by atoms with Crippen molar-refractivity contribution in [3.63, 3.8) is 0 Å². The second kappa shape index (κ2) is 7.78. The highest BCUT2D eigenvalue weighted by molar-refractivity contribution is 7.99. The molecule has 1 atom stereocenters. The summed E-state index contributed by atoms with van der Waals surface area (Å²) in [6.07, 6.45) is 2.37. The lowest BCUT2D eigenvalue weighted by Crippen LogP contribution is -2.13. The zero-order valence-electron chi connectivity index (χ0n) is 11.3. The number of thioether (sulfide) groups is 1. The quantitative estimate of drug-likeness (QED) is 0.740. The van der Waals surface area contributed by atoms with E-state index in [0.29, 0.717) is 5.92 Å². The fourth-order valence-electron chi connectivity index (χ4n) is 1.87. The Balaban J connectivity index is 2.57. The standard InChI is InChI=1S/C15H25NS/c1-4-8-17-11-15(16)14-7-5-6-13(10-14)9-12(2)3/h5-7,10,12,15H,4,8-9,11,16H2,1-3H3. The predicted octanol–water partition coefficient (Wildman–Crippen LogP) is 4.03. The van der Waals surface area contributed by atoms with Crippen molar-refractivity contribution in [2.45, 2.75) is 39.7 Å². The van der Waals surface area contributed by atoms with Crippen LogP contribution >= 0.6 is 11.8 Å². The van der Waals surface area contributed by atoms with Gasteiger partial charge in [-0.05, 0) is 35.6 Å². The van der Waals surface area contributed by atoms with E-state index in [4.69, 9.17) is 5.73 Å². The van der Waals surface area contributed by atoms with Gasteiger partial charge in [0, 0.05) is 11.8 Å². The van der Waals surface area contributed by atoms with Crippen molar-refractivity contribution in [3.05, 3.63) is 35.4 Å². The molecule has 0 aromatic heterocycles. The van der Waals surface area contributed by atoms with Crippen LogP contribution in [-0.4, -0.2) is 11.5 Å². The maximum absolute atomic E-state index is 6.21. The van der Waals surface area contributed by atoms with E-state index < -0.39 is 0 Å². The zero-order valence-corrected chi connectivity index (χ0v) is 12.1. The summed E-state index contributed by atoms with van der Waals surface area (Å²) in [6.45, 7) is 6.72. The van der Waals surface area contributed by atoms with Crippen LogP contribution in [0.2, 0.25) is 0 Å². The molecule has 0 amide bonds. The Morgan fingerprint density at radius 3 is 2.71 bits per heavy atom. The van der Waals surface area contributed by atoms with E-state index in [0.717, 1.165) is 12.2 Å². The van der Waals surface area contributed by atoms with E-state index in [-0.39, 0.29) is 6.04 Å². The van der Waals surface area contributed by atoms with Gasteiger partial charge >= 0.3 is 0 Å². The van der Waals surface area contributed by atoms with Gasteiger partial charge in [0.2, 0.25) is 0 Å². The monoisotopic (exact) mass is 251 g/mol. The Morgan fingerprint density at radius 1 is 1.29 bits per heavy atom. The Hall–Kier alpha value is -0.470. The normalized spacial score (nSPS) is 13.0. The fraction of sp³-hybridized carbons (Fsp3) is 0.600. The van der Waals surface area contributed by atoms with Crippen LogP contribution in [0.25, 0.3) is 0 Å². The molecule has 0 aliphatic rings. The smallest absolute Gasteiger partial charge is 0.0386 e. The molecule has 96 valence electrons. The van der Waals surface area contributed by atoms with Gasteiger partial charge in [-0.2, -0.15) is 11.8 Å². The summed E-state index contributed by atoms with van der Waals surface area (Å²) in [5.41, 5.74) is 8.91. The van der Waals surface area contributed by atoms with E-state index in [1.165, 1.54) is 23.3 Å². The topological polar surface area (TPSA) is 26.0 Å². The van der Waals surface area contributed by atoms with Crippen LogP contribution in [-0.2, 0) is 6.42 Å². The molecule has 1 aromatic rings. The van der Waals surface area contributed by atoms with Gasteiger partial charge in [0.15, 0.2) is 0 Å². The predicted molar refractivity (Wildman–Crippen MR) is 79.5 cm³/mol. The van der Waals surface area contributed by atoms with Crippen molar-refractivity contribution in [1.82, 2.24) is 0 Å². The van der Waals surface area contributed by atoms with Gasteiger partial charge in [0.25, 0.3) is 0 Å². The average molecular weight is 251 g/mol. The summed E-state index contributed by atoms with van der Waals surface area (Å²) in [6, 6.07) is 8.95. The van der Waals surface area contributed by atoms with Gasteiger partial charge in [-0.15, -0.1) is 0 Å². The van der Waals surface area contributed by atoms with Crippen molar-refractivity contribution in [2.24, 2.45) is 11.7 Å². The number of hydrogen-bond donors (Lipinski definition) is 1. The van der Waals surface area contributed by atoms with E-state index >= 15 is 0 Å². The molecule has 0 aliphatic carbocycles. The lowest BCUT2D eigenvalue weighted by molar-refractivity contribution is 0.646. The first-order valence-corrected chi connectivity index (χ1v) is 7.71. The Labute approximate surface area is 110 Å². The van der Waals surface area contributed by atoms with Crippen LogP contribution in [0.3, 0.4) is 0 Å². The molecular formula is C15H25NS. The molecule has 1 nitrogen and oxygen atoms in total. The molecule has 0 saturated carbocycles. The van der Waals surface area contributed by atoms with Crippen LogP contribution in [0.5, 0.6) is 0 Å². The van der Waals surface area contributed by atoms with Crippen molar-refractivity contribution >= 4 is 11.8 Å². The largest absolute Gasteiger partial charge is 0.323 e. The minimum absolute atomic E-state index is 0.179. The summed E-state index contributed by atoms with van der Waals surface area (Å²) in [5, 5.41) is 0. The van der Waals surface area contributed by atoms with Gasteiger partial charge in [-0.1, -0.05) is 45.0 Å². The summed E-state index contributed by atoms with van der Waals surface area (Å²) >= 11 is 1.95. The van der Waals surface area contributed by atoms with Crippen molar-refractivity contribution < 1.29 is 0 Å². The molecule has 0 radical (unpaired) electrons. The Kier molecular flexibility index (Phi) is 6.68. The SMILES string of the molecule is CCCSCC(N)c1cccc(CC(C)C)c1. The second-order valence-corrected chi connectivity index (χ2v) is 6.17. The van der Waals surface area contributed by atoms with Crippen LogP contribution in [0.15, 0.2) is 24.3 Å². The molecule has 17 heavy (non-hydrogen) atoms. The minimum Gasteiger partial charge on any atom is -0.323 e. The van der Waals surface area contributed by atoms with Crippen LogP contribution in [0.4, 0.5) is 0 Å². The van der Waals surface area contributed by atoms with Crippen LogP contribution in [0, 0.1) is 5.92 Å². The van der Waals surface area contributed by atoms with Crippen molar-refractivity contribution in [2.75, 3.05) is 11.5 Å². The van der Waals surface area contributed by atoms with E-state index in [9.17, 15) is 0 Å². The molecule has 1 rings (SSSR count). The maximum Gasteiger partial charge on any atom is 0.0386 e. The summed E-state index contributed by atoms with van der Waals surface area (Å²) in [5.74, 6) is 2.94. The molecule has 0 fully saturated rings. The molecule has 1 aromatic carbocycles. The molecular weight excluding hydrogens is 226 g/mol. The summed E-state index contributed by atoms with van der Waals surface area (Å²) in [7, 11) is 0. The molecule has 1 unspecified atom stereocenters. The third kappa shape index (κ3) is 5.60. The molecule has 0 heterocycles. The highest BCUT2D eigenvalue weighted by atomic mass is 32.2. The third-order valence-electron chi connectivity index (χ3n) is 2.67. The number of benzene rings is 1. The molecule has 0 spiro atoms. The molecule has 2 N–H and O–H groups in total. The van der Waals surface area contributed by atoms with Gasteiger partial charge in [0.1, 0.15) is 0 Å². The summed E-state index contributed by atoms with van der Waals surface area (Å²) in [4.78, 5) is 0. The second-order valence-electron chi connectivity index (χ2n) is 5.02. The van der Waals surface area contributed by atoms with Crippen LogP contribution < -0.4 is 5.73 Å². The lowest BCUT2D eigenvalue weighted by atomic mass is 9.99. The first kappa shape index (κ1) is 14.6. The van der Waals surface area contributed by atoms with E-state index in [1.807, 2.05) is 11.8 Å². The molecule has 0 saturated heterocycles. The van der Waals surface area contributed by atoms with Gasteiger partial charge in [0.05, 0.1) is 0 Å². The number of hydrogen-bond acceptors (Lipinski definition) is 2. The number of nitrogens with two attached hydrogens (primary N) is 1. The van der Waals surface area contributed by atoms with Gasteiger partial charge in [-0.3, -0.25) is 0 Å². The summed E-state index contributed by atoms with van der Waals surface area (Å²) < 4.78 is 0. The van der Waals surface area contributed by atoms with E-state index in [1.54, 1.807) is 0 Å². The first-order chi connectivity index (χ1) is 8.13. The Morgan fingerprint density at radius 2 is 2.06 bits per heavy atom. The third-order valence-corrected chi connectivity index (χ3v) is 3.96. The minimum atomic E-state index is 0.179. The maximum atomic E-state index is 6.21. The van der Waals surface area contributed by atoms with Gasteiger partial charge < -0.3 is 5.73 Å².